The smallest absolute Gasteiger partial charge is 0.268 e. The van der Waals surface area contributed by atoms with E-state index < -0.39 is 17.3 Å². The number of carbonyl (C=O) groups excluding carboxylic acids is 1. The number of nitrogens with zero attached hydrogens (tertiary/aromatic N) is 1. The van der Waals surface area contributed by atoms with Crippen molar-refractivity contribution in [3.8, 4) is 5.75 Å². The lowest BCUT2D eigenvalue weighted by molar-refractivity contribution is -0.132. The van der Waals surface area contributed by atoms with Gasteiger partial charge in [-0.2, -0.15) is 0 Å². The second-order valence-electron chi connectivity index (χ2n) is 6.26. The van der Waals surface area contributed by atoms with Crippen LogP contribution in [-0.4, -0.2) is 22.7 Å². The third-order valence-corrected chi connectivity index (χ3v) is 4.80. The fourth-order valence-corrected chi connectivity index (χ4v) is 3.57. The van der Waals surface area contributed by atoms with Gasteiger partial charge in [-0.05, 0) is 23.6 Å². The number of benzene rings is 3. The van der Waals surface area contributed by atoms with Crippen LogP contribution < -0.4 is 4.90 Å². The highest BCUT2D eigenvalue weighted by molar-refractivity contribution is 6.10. The van der Waals surface area contributed by atoms with E-state index in [0.717, 1.165) is 11.5 Å². The molecule has 26 heavy (non-hydrogen) atoms. The van der Waals surface area contributed by atoms with Gasteiger partial charge in [-0.25, -0.2) is 4.39 Å². The normalized spacial score (nSPS) is 19.0. The molecule has 0 saturated heterocycles. The van der Waals surface area contributed by atoms with Gasteiger partial charge in [0.1, 0.15) is 11.6 Å². The predicted octanol–water partition coefficient (Wildman–Crippen LogP) is 3.45. The Morgan fingerprint density at radius 1 is 1.12 bits per heavy atom. The molecule has 0 fully saturated rings. The predicted molar refractivity (Wildman–Crippen MR) is 97.6 cm³/mol. The molecule has 4 rings (SSSR count). The van der Waals surface area contributed by atoms with Gasteiger partial charge in [-0.3, -0.25) is 4.79 Å². The molecule has 1 heterocycles. The molecule has 2 N–H and O–H groups in total. The van der Waals surface area contributed by atoms with Crippen LogP contribution in [0.15, 0.2) is 67.3 Å². The third kappa shape index (κ3) is 2.07. The van der Waals surface area contributed by atoms with Crippen molar-refractivity contribution in [1.29, 1.82) is 0 Å². The van der Waals surface area contributed by atoms with E-state index in [9.17, 15) is 19.4 Å². The lowest BCUT2D eigenvalue weighted by Gasteiger charge is -2.24. The summed E-state index contributed by atoms with van der Waals surface area (Å²) in [4.78, 5) is 14.4. The molecule has 0 saturated carbocycles. The van der Waals surface area contributed by atoms with Crippen LogP contribution in [0.2, 0.25) is 0 Å². The van der Waals surface area contributed by atoms with Crippen LogP contribution in [0.4, 0.5) is 10.1 Å². The van der Waals surface area contributed by atoms with Crippen LogP contribution in [0.1, 0.15) is 11.1 Å². The van der Waals surface area contributed by atoms with Crippen molar-refractivity contribution in [2.24, 2.45) is 0 Å². The SMILES string of the molecule is C=CCN1C(=O)C(O)(c2ccc3ccccc3c2O)c2cc(F)ccc21. The van der Waals surface area contributed by atoms with Crippen LogP contribution in [0.25, 0.3) is 10.8 Å². The van der Waals surface area contributed by atoms with Gasteiger partial charge in [0.2, 0.25) is 5.60 Å². The van der Waals surface area contributed by atoms with Gasteiger partial charge >= 0.3 is 0 Å². The maximum Gasteiger partial charge on any atom is 0.268 e. The highest BCUT2D eigenvalue weighted by Gasteiger charge is 2.52. The Morgan fingerprint density at radius 2 is 1.88 bits per heavy atom. The van der Waals surface area contributed by atoms with Crippen LogP contribution in [-0.2, 0) is 10.4 Å². The second kappa shape index (κ2) is 5.68. The molecule has 1 amide bonds. The fourth-order valence-electron chi connectivity index (χ4n) is 3.57. The molecule has 0 aromatic heterocycles. The Balaban J connectivity index is 2.02. The van der Waals surface area contributed by atoms with Gasteiger partial charge in [0.15, 0.2) is 0 Å². The van der Waals surface area contributed by atoms with Crippen molar-refractivity contribution >= 4 is 22.4 Å². The van der Waals surface area contributed by atoms with E-state index in [1.54, 1.807) is 18.2 Å². The summed E-state index contributed by atoms with van der Waals surface area (Å²) in [7, 11) is 0. The molecule has 5 heteroatoms. The van der Waals surface area contributed by atoms with Gasteiger partial charge in [0.05, 0.1) is 5.69 Å². The Kier molecular flexibility index (Phi) is 3.56. The monoisotopic (exact) mass is 349 g/mol. The van der Waals surface area contributed by atoms with Crippen molar-refractivity contribution < 1.29 is 19.4 Å². The third-order valence-electron chi connectivity index (χ3n) is 4.80. The number of hydrogen-bond acceptors (Lipinski definition) is 3. The number of phenolic OH excluding ortho intramolecular Hbond substituents is 1. The molecule has 1 atom stereocenters. The summed E-state index contributed by atoms with van der Waals surface area (Å²) >= 11 is 0. The molecule has 3 aromatic rings. The van der Waals surface area contributed by atoms with Gasteiger partial charge in [-0.1, -0.05) is 42.5 Å². The van der Waals surface area contributed by atoms with Gasteiger partial charge in [0, 0.05) is 23.1 Å². The molecule has 0 aliphatic carbocycles. The van der Waals surface area contributed by atoms with Gasteiger partial charge < -0.3 is 15.1 Å². The van der Waals surface area contributed by atoms with Crippen molar-refractivity contribution in [3.05, 3.63) is 84.2 Å². The molecule has 0 bridgehead atoms. The minimum absolute atomic E-state index is 0.0274. The van der Waals surface area contributed by atoms with Gasteiger partial charge in [-0.15, -0.1) is 6.58 Å². The summed E-state index contributed by atoms with van der Waals surface area (Å²) in [6, 6.07) is 14.1. The number of phenols is 1. The first-order chi connectivity index (χ1) is 12.5. The zero-order valence-corrected chi connectivity index (χ0v) is 13.8. The number of aromatic hydroxyl groups is 1. The molecule has 1 unspecified atom stereocenters. The van der Waals surface area contributed by atoms with E-state index in [0.29, 0.717) is 11.1 Å². The Bertz CT molecular complexity index is 1060. The molecule has 3 aromatic carbocycles. The highest BCUT2D eigenvalue weighted by atomic mass is 19.1. The summed E-state index contributed by atoms with van der Waals surface area (Å²) in [6.45, 7) is 3.79. The standard InChI is InChI=1S/C21H16FNO3/c1-2-11-23-18-10-8-14(22)12-17(18)21(26,20(23)25)16-9-7-13-5-3-4-6-15(13)19(16)24/h2-10,12,24,26H,1,11H2. The zero-order chi connectivity index (χ0) is 18.5. The second-order valence-corrected chi connectivity index (χ2v) is 6.26. The first-order valence-corrected chi connectivity index (χ1v) is 8.15. The van der Waals surface area contributed by atoms with E-state index in [1.165, 1.54) is 29.2 Å². The largest absolute Gasteiger partial charge is 0.507 e. The minimum atomic E-state index is -2.17. The van der Waals surface area contributed by atoms with E-state index in [1.807, 2.05) is 12.1 Å². The van der Waals surface area contributed by atoms with Crippen LogP contribution >= 0.6 is 0 Å². The van der Waals surface area contributed by atoms with Crippen molar-refractivity contribution in [2.75, 3.05) is 11.4 Å². The topological polar surface area (TPSA) is 60.8 Å². The number of anilines is 1. The lowest BCUT2D eigenvalue weighted by Crippen LogP contribution is -2.41. The molecular weight excluding hydrogens is 333 g/mol. The Morgan fingerprint density at radius 3 is 2.65 bits per heavy atom. The summed E-state index contributed by atoms with van der Waals surface area (Å²) in [5, 5.41) is 23.4. The van der Waals surface area contributed by atoms with Gasteiger partial charge in [0.25, 0.3) is 5.91 Å². The first-order valence-electron chi connectivity index (χ1n) is 8.15. The Hall–Kier alpha value is -3.18. The number of rotatable bonds is 3. The first kappa shape index (κ1) is 16.3. The quantitative estimate of drug-likeness (QED) is 0.712. The lowest BCUT2D eigenvalue weighted by atomic mass is 9.85. The maximum atomic E-state index is 13.9. The number of amides is 1. The van der Waals surface area contributed by atoms with Crippen molar-refractivity contribution in [2.45, 2.75) is 5.60 Å². The molecule has 1 aliphatic heterocycles. The Labute approximate surface area is 149 Å². The minimum Gasteiger partial charge on any atom is -0.507 e. The zero-order valence-electron chi connectivity index (χ0n) is 13.8. The van der Waals surface area contributed by atoms with E-state index in [4.69, 9.17) is 0 Å². The summed E-state index contributed by atoms with van der Waals surface area (Å²) in [5.41, 5.74) is -1.64. The fraction of sp³-hybridized carbons (Fsp3) is 0.0952. The molecule has 0 spiro atoms. The molecule has 130 valence electrons. The number of aliphatic hydroxyl groups is 1. The maximum absolute atomic E-state index is 13.9. The molecular formula is C21H16FNO3. The summed E-state index contributed by atoms with van der Waals surface area (Å²) in [6.07, 6.45) is 1.52. The summed E-state index contributed by atoms with van der Waals surface area (Å²) in [5.74, 6) is -1.42. The highest BCUT2D eigenvalue weighted by Crippen LogP contribution is 2.48. The van der Waals surface area contributed by atoms with Crippen molar-refractivity contribution in [1.82, 2.24) is 0 Å². The number of halogens is 1. The average Bonchev–Trinajstić information content (AvgIpc) is 2.85. The van der Waals surface area contributed by atoms with E-state index >= 15 is 0 Å². The number of hydrogen-bond donors (Lipinski definition) is 2. The summed E-state index contributed by atoms with van der Waals surface area (Å²) < 4.78 is 13.9. The van der Waals surface area contributed by atoms with Crippen molar-refractivity contribution in [3.63, 3.8) is 0 Å². The molecule has 1 aliphatic rings. The van der Waals surface area contributed by atoms with Crippen LogP contribution in [0.5, 0.6) is 5.75 Å². The van der Waals surface area contributed by atoms with Crippen LogP contribution in [0, 0.1) is 5.82 Å². The molecule has 0 radical (unpaired) electrons. The van der Waals surface area contributed by atoms with E-state index in [2.05, 4.69) is 6.58 Å². The molecule has 4 nitrogen and oxygen atoms in total. The number of fused-ring (bicyclic) bond motifs is 2. The average molecular weight is 349 g/mol. The van der Waals surface area contributed by atoms with E-state index in [-0.39, 0.29) is 23.4 Å². The van der Waals surface area contributed by atoms with Crippen LogP contribution in [0.3, 0.4) is 0 Å². The number of carbonyl (C=O) groups is 1.